The Balaban J connectivity index is 1.32. The van der Waals surface area contributed by atoms with Gasteiger partial charge in [-0.2, -0.15) is 0 Å². The summed E-state index contributed by atoms with van der Waals surface area (Å²) in [5.74, 6) is 1.52. The standard InChI is InChI=1S/C32H28N2O/c1-25(21-27-9-5-3-6-10-27)23-33-29-13-17-31(18-14-29)35-32-19-15-30(16-20-32)34-24-26(2)22-28-11-7-4-8-12-28/h3-24H,1-2H3/b25-21+,26-22+,33-23?,34-24?. The number of hydrogen-bond donors (Lipinski definition) is 0. The van der Waals surface area contributed by atoms with Gasteiger partial charge in [0.1, 0.15) is 11.5 Å². The van der Waals surface area contributed by atoms with E-state index < -0.39 is 0 Å². The van der Waals surface area contributed by atoms with E-state index in [2.05, 4.69) is 46.4 Å². The van der Waals surface area contributed by atoms with Gasteiger partial charge in [-0.1, -0.05) is 72.8 Å². The molecule has 0 bridgehead atoms. The lowest BCUT2D eigenvalue weighted by Gasteiger charge is -2.06. The maximum absolute atomic E-state index is 5.97. The van der Waals surface area contributed by atoms with Crippen molar-refractivity contribution in [1.82, 2.24) is 0 Å². The highest BCUT2D eigenvalue weighted by molar-refractivity contribution is 5.87. The van der Waals surface area contributed by atoms with E-state index in [0.29, 0.717) is 0 Å². The molecule has 3 heteroatoms. The Morgan fingerprint density at radius 1 is 0.514 bits per heavy atom. The Kier molecular flexibility index (Phi) is 8.18. The zero-order valence-electron chi connectivity index (χ0n) is 20.0. The van der Waals surface area contributed by atoms with Gasteiger partial charge in [0.2, 0.25) is 0 Å². The molecule has 0 spiro atoms. The molecule has 0 saturated heterocycles. The Morgan fingerprint density at radius 2 is 0.886 bits per heavy atom. The fourth-order valence-corrected chi connectivity index (χ4v) is 3.39. The number of rotatable bonds is 8. The van der Waals surface area contributed by atoms with Gasteiger partial charge in [-0.05, 0) is 84.7 Å². The monoisotopic (exact) mass is 456 g/mol. The molecule has 0 unspecified atom stereocenters. The van der Waals surface area contributed by atoms with Gasteiger partial charge in [0.05, 0.1) is 11.4 Å². The van der Waals surface area contributed by atoms with Crippen LogP contribution in [0.5, 0.6) is 11.5 Å². The normalized spacial score (nSPS) is 12.4. The fourth-order valence-electron chi connectivity index (χ4n) is 3.39. The van der Waals surface area contributed by atoms with E-state index >= 15 is 0 Å². The number of allylic oxidation sites excluding steroid dienone is 2. The summed E-state index contributed by atoms with van der Waals surface area (Å²) in [4.78, 5) is 9.11. The van der Waals surface area contributed by atoms with Crippen molar-refractivity contribution in [3.05, 3.63) is 131 Å². The highest BCUT2D eigenvalue weighted by Gasteiger charge is 1.99. The first kappa shape index (κ1) is 23.7. The molecule has 172 valence electrons. The second-order valence-corrected chi connectivity index (χ2v) is 8.20. The molecule has 0 radical (unpaired) electrons. The van der Waals surface area contributed by atoms with Crippen molar-refractivity contribution >= 4 is 36.0 Å². The molecule has 0 heterocycles. The van der Waals surface area contributed by atoms with Crippen LogP contribution in [0, 0.1) is 0 Å². The number of benzene rings is 4. The molecule has 3 nitrogen and oxygen atoms in total. The Labute approximate surface area is 207 Å². The molecular weight excluding hydrogens is 428 g/mol. The van der Waals surface area contributed by atoms with Crippen molar-refractivity contribution < 1.29 is 4.74 Å². The third kappa shape index (κ3) is 7.79. The SMILES string of the molecule is C/C(C=Nc1ccc(Oc2ccc(N=C/C(C)=C/c3ccccc3)cc2)cc1)=C\c1ccccc1. The average Bonchev–Trinajstić information content (AvgIpc) is 2.89. The number of ether oxygens (including phenoxy) is 1. The van der Waals surface area contributed by atoms with Crippen LogP contribution in [0.1, 0.15) is 25.0 Å². The summed E-state index contributed by atoms with van der Waals surface area (Å²) in [5.41, 5.74) is 6.25. The summed E-state index contributed by atoms with van der Waals surface area (Å²) >= 11 is 0. The lowest BCUT2D eigenvalue weighted by Crippen LogP contribution is -1.83. The van der Waals surface area contributed by atoms with Crippen molar-refractivity contribution in [3.8, 4) is 11.5 Å². The second-order valence-electron chi connectivity index (χ2n) is 8.20. The summed E-state index contributed by atoms with van der Waals surface area (Å²) < 4.78 is 5.97. The van der Waals surface area contributed by atoms with Crippen LogP contribution in [0.4, 0.5) is 11.4 Å². The first-order valence-corrected chi connectivity index (χ1v) is 11.6. The van der Waals surface area contributed by atoms with Gasteiger partial charge >= 0.3 is 0 Å². The van der Waals surface area contributed by atoms with Gasteiger partial charge in [-0.3, -0.25) is 9.98 Å². The average molecular weight is 457 g/mol. The van der Waals surface area contributed by atoms with Crippen molar-refractivity contribution in [2.75, 3.05) is 0 Å². The first-order chi connectivity index (χ1) is 17.1. The summed E-state index contributed by atoms with van der Waals surface area (Å²) in [6.45, 7) is 4.09. The van der Waals surface area contributed by atoms with E-state index in [1.807, 2.05) is 111 Å². The van der Waals surface area contributed by atoms with Gasteiger partial charge in [0.25, 0.3) is 0 Å². The molecule has 4 aromatic rings. The molecule has 4 rings (SSSR count). The maximum Gasteiger partial charge on any atom is 0.127 e. The zero-order chi connectivity index (χ0) is 24.3. The minimum absolute atomic E-state index is 0.762. The summed E-state index contributed by atoms with van der Waals surface area (Å²) in [7, 11) is 0. The van der Waals surface area contributed by atoms with Crippen molar-refractivity contribution in [3.63, 3.8) is 0 Å². The van der Waals surface area contributed by atoms with Crippen LogP contribution in [0.2, 0.25) is 0 Å². The smallest absolute Gasteiger partial charge is 0.127 e. The van der Waals surface area contributed by atoms with E-state index in [0.717, 1.165) is 45.1 Å². The van der Waals surface area contributed by atoms with E-state index in [1.54, 1.807) is 0 Å². The molecule has 4 aromatic carbocycles. The molecule has 0 fully saturated rings. The third-order valence-electron chi connectivity index (χ3n) is 5.13. The fraction of sp³-hybridized carbons (Fsp3) is 0.0625. The van der Waals surface area contributed by atoms with Crippen LogP contribution < -0.4 is 4.74 Å². The van der Waals surface area contributed by atoms with E-state index in [-0.39, 0.29) is 0 Å². The maximum atomic E-state index is 5.97. The van der Waals surface area contributed by atoms with Crippen LogP contribution in [-0.4, -0.2) is 12.4 Å². The molecule has 0 aliphatic carbocycles. The summed E-state index contributed by atoms with van der Waals surface area (Å²) in [6.07, 6.45) is 7.96. The van der Waals surface area contributed by atoms with Gasteiger partial charge in [0.15, 0.2) is 0 Å². The van der Waals surface area contributed by atoms with Crippen LogP contribution in [-0.2, 0) is 0 Å². The summed E-state index contributed by atoms with van der Waals surface area (Å²) in [5, 5.41) is 0. The molecule has 0 aromatic heterocycles. The predicted molar refractivity (Wildman–Crippen MR) is 149 cm³/mol. The second kappa shape index (κ2) is 12.1. The van der Waals surface area contributed by atoms with Crippen LogP contribution in [0.3, 0.4) is 0 Å². The predicted octanol–water partition coefficient (Wildman–Crippen LogP) is 9.09. The molecule has 0 amide bonds. The molecule has 35 heavy (non-hydrogen) atoms. The highest BCUT2D eigenvalue weighted by Crippen LogP contribution is 2.26. The molecule has 0 aliphatic rings. The van der Waals surface area contributed by atoms with Gasteiger partial charge < -0.3 is 4.74 Å². The Hall–Kier alpha value is -4.50. The van der Waals surface area contributed by atoms with E-state index in [1.165, 1.54) is 0 Å². The largest absolute Gasteiger partial charge is 0.457 e. The molecule has 0 N–H and O–H groups in total. The van der Waals surface area contributed by atoms with E-state index in [4.69, 9.17) is 4.74 Å². The Bertz CT molecular complexity index is 1230. The first-order valence-electron chi connectivity index (χ1n) is 11.6. The van der Waals surface area contributed by atoms with Crippen LogP contribution >= 0.6 is 0 Å². The van der Waals surface area contributed by atoms with Gasteiger partial charge in [-0.25, -0.2) is 0 Å². The number of nitrogens with zero attached hydrogens (tertiary/aromatic N) is 2. The quantitative estimate of drug-likeness (QED) is 0.243. The van der Waals surface area contributed by atoms with E-state index in [9.17, 15) is 0 Å². The molecule has 0 atom stereocenters. The molecule has 0 aliphatic heterocycles. The molecule has 0 saturated carbocycles. The van der Waals surface area contributed by atoms with Gasteiger partial charge in [-0.15, -0.1) is 0 Å². The minimum Gasteiger partial charge on any atom is -0.457 e. The highest BCUT2D eigenvalue weighted by atomic mass is 16.5. The van der Waals surface area contributed by atoms with Gasteiger partial charge in [0, 0.05) is 12.4 Å². The number of hydrogen-bond acceptors (Lipinski definition) is 3. The van der Waals surface area contributed by atoms with Crippen molar-refractivity contribution in [2.45, 2.75) is 13.8 Å². The Morgan fingerprint density at radius 3 is 1.26 bits per heavy atom. The van der Waals surface area contributed by atoms with Crippen LogP contribution in [0.15, 0.2) is 130 Å². The third-order valence-corrected chi connectivity index (χ3v) is 5.13. The molecular formula is C32H28N2O. The lowest BCUT2D eigenvalue weighted by molar-refractivity contribution is 0.483. The zero-order valence-corrected chi connectivity index (χ0v) is 20.0. The lowest BCUT2D eigenvalue weighted by atomic mass is 10.1. The summed E-state index contributed by atoms with van der Waals surface area (Å²) in [6, 6.07) is 35.9. The van der Waals surface area contributed by atoms with Crippen molar-refractivity contribution in [2.24, 2.45) is 9.98 Å². The van der Waals surface area contributed by atoms with Crippen LogP contribution in [0.25, 0.3) is 12.2 Å². The van der Waals surface area contributed by atoms with Crippen molar-refractivity contribution in [1.29, 1.82) is 0 Å². The number of aliphatic imine (C=N–C) groups is 2. The minimum atomic E-state index is 0.762. The topological polar surface area (TPSA) is 34.0 Å².